The number of carbonyl (C=O) groups excluding carboxylic acids is 1. The van der Waals surface area contributed by atoms with Crippen LogP contribution in [0, 0.1) is 0 Å². The van der Waals surface area contributed by atoms with Crippen molar-refractivity contribution in [1.82, 2.24) is 4.90 Å². The number of fused-ring (bicyclic) bond motifs is 1. The molecule has 0 saturated heterocycles. The molecular formula is C15H13NO2. The Hall–Kier alpha value is -2.29. The molecule has 0 aliphatic carbocycles. The molecule has 1 atom stereocenters. The average molecular weight is 239 g/mol. The van der Waals surface area contributed by atoms with Gasteiger partial charge in [0.1, 0.15) is 5.75 Å². The second-order valence-corrected chi connectivity index (χ2v) is 4.29. The highest BCUT2D eigenvalue weighted by Crippen LogP contribution is 2.33. The molecule has 3 heteroatoms. The molecule has 18 heavy (non-hydrogen) atoms. The number of hydrogen-bond acceptors (Lipinski definition) is 2. The summed E-state index contributed by atoms with van der Waals surface area (Å²) in [6.45, 7) is 0. The molecule has 0 bridgehead atoms. The third kappa shape index (κ3) is 1.64. The first-order valence-electron chi connectivity index (χ1n) is 5.85. The lowest BCUT2D eigenvalue weighted by atomic mass is 10.1. The Labute approximate surface area is 106 Å². The topological polar surface area (TPSA) is 29.5 Å². The lowest BCUT2D eigenvalue weighted by Gasteiger charge is -2.34. The van der Waals surface area contributed by atoms with Crippen LogP contribution in [0.15, 0.2) is 54.6 Å². The van der Waals surface area contributed by atoms with Crippen LogP contribution in [0.1, 0.15) is 22.1 Å². The molecule has 0 N–H and O–H groups in total. The highest BCUT2D eigenvalue weighted by molar-refractivity contribution is 5.97. The molecule has 1 unspecified atom stereocenters. The third-order valence-electron chi connectivity index (χ3n) is 3.11. The van der Waals surface area contributed by atoms with Crippen molar-refractivity contribution in [1.29, 1.82) is 0 Å². The largest absolute Gasteiger partial charge is 0.465 e. The monoisotopic (exact) mass is 239 g/mol. The highest BCUT2D eigenvalue weighted by atomic mass is 16.5. The van der Waals surface area contributed by atoms with Gasteiger partial charge in [-0.2, -0.15) is 0 Å². The number of carbonyl (C=O) groups is 1. The second kappa shape index (κ2) is 4.18. The zero-order valence-electron chi connectivity index (χ0n) is 10.0. The molecular weight excluding hydrogens is 226 g/mol. The van der Waals surface area contributed by atoms with Crippen LogP contribution < -0.4 is 4.74 Å². The van der Waals surface area contributed by atoms with Gasteiger partial charge in [0.25, 0.3) is 5.91 Å². The molecule has 1 aliphatic heterocycles. The van der Waals surface area contributed by atoms with E-state index in [1.54, 1.807) is 18.0 Å². The molecule has 3 rings (SSSR count). The molecule has 1 aliphatic rings. The van der Waals surface area contributed by atoms with Gasteiger partial charge in [0.05, 0.1) is 5.56 Å². The summed E-state index contributed by atoms with van der Waals surface area (Å²) in [5.41, 5.74) is 1.59. The fraction of sp³-hybridized carbons (Fsp3) is 0.133. The molecule has 2 aromatic carbocycles. The van der Waals surface area contributed by atoms with Crippen LogP contribution in [-0.4, -0.2) is 17.9 Å². The van der Waals surface area contributed by atoms with Crippen LogP contribution >= 0.6 is 0 Å². The summed E-state index contributed by atoms with van der Waals surface area (Å²) in [6.07, 6.45) is -0.353. The molecule has 90 valence electrons. The molecule has 0 spiro atoms. The van der Waals surface area contributed by atoms with Gasteiger partial charge < -0.3 is 9.64 Å². The second-order valence-electron chi connectivity index (χ2n) is 4.29. The van der Waals surface area contributed by atoms with Crippen molar-refractivity contribution in [3.8, 4) is 5.75 Å². The van der Waals surface area contributed by atoms with Gasteiger partial charge in [-0.1, -0.05) is 42.5 Å². The minimum Gasteiger partial charge on any atom is -0.465 e. The summed E-state index contributed by atoms with van der Waals surface area (Å²) in [4.78, 5) is 13.9. The zero-order valence-corrected chi connectivity index (χ0v) is 10.0. The Morgan fingerprint density at radius 2 is 1.67 bits per heavy atom. The maximum Gasteiger partial charge on any atom is 0.260 e. The van der Waals surface area contributed by atoms with Gasteiger partial charge in [0.2, 0.25) is 6.23 Å². The lowest BCUT2D eigenvalue weighted by Crippen LogP contribution is -2.38. The van der Waals surface area contributed by atoms with Crippen molar-refractivity contribution in [2.24, 2.45) is 0 Å². The first kappa shape index (κ1) is 10.8. The Balaban J connectivity index is 2.04. The number of rotatable bonds is 1. The zero-order chi connectivity index (χ0) is 12.5. The van der Waals surface area contributed by atoms with E-state index in [0.29, 0.717) is 11.3 Å². The van der Waals surface area contributed by atoms with E-state index in [0.717, 1.165) is 5.56 Å². The van der Waals surface area contributed by atoms with Crippen molar-refractivity contribution >= 4 is 5.91 Å². The number of para-hydroxylation sites is 1. The maximum absolute atomic E-state index is 12.2. The SMILES string of the molecule is CN1C(=O)c2ccccc2OC1c1ccccc1. The van der Waals surface area contributed by atoms with E-state index >= 15 is 0 Å². The van der Waals surface area contributed by atoms with Crippen LogP contribution in [0.2, 0.25) is 0 Å². The first-order valence-corrected chi connectivity index (χ1v) is 5.85. The first-order chi connectivity index (χ1) is 8.77. The quantitative estimate of drug-likeness (QED) is 0.765. The van der Waals surface area contributed by atoms with Gasteiger partial charge in [-0.3, -0.25) is 4.79 Å². The Kier molecular flexibility index (Phi) is 2.52. The molecule has 0 fully saturated rings. The van der Waals surface area contributed by atoms with Crippen LogP contribution in [0.3, 0.4) is 0 Å². The highest BCUT2D eigenvalue weighted by Gasteiger charge is 2.31. The number of nitrogens with zero attached hydrogens (tertiary/aromatic N) is 1. The molecule has 3 nitrogen and oxygen atoms in total. The van der Waals surface area contributed by atoms with Crippen LogP contribution in [0.25, 0.3) is 0 Å². The maximum atomic E-state index is 12.2. The minimum absolute atomic E-state index is 0.00861. The van der Waals surface area contributed by atoms with E-state index < -0.39 is 0 Å². The molecule has 0 radical (unpaired) electrons. The van der Waals surface area contributed by atoms with Gasteiger partial charge >= 0.3 is 0 Å². The van der Waals surface area contributed by atoms with Gasteiger partial charge in [0, 0.05) is 12.6 Å². The van der Waals surface area contributed by atoms with E-state index in [1.807, 2.05) is 48.5 Å². The summed E-state index contributed by atoms with van der Waals surface area (Å²) in [6, 6.07) is 17.1. The lowest BCUT2D eigenvalue weighted by molar-refractivity contribution is 0.0204. The average Bonchev–Trinajstić information content (AvgIpc) is 2.44. The molecule has 2 aromatic rings. The Bertz CT molecular complexity index is 580. The predicted octanol–water partition coefficient (Wildman–Crippen LogP) is 2.85. The van der Waals surface area contributed by atoms with Crippen molar-refractivity contribution in [3.05, 3.63) is 65.7 Å². The summed E-state index contributed by atoms with van der Waals surface area (Å²) < 4.78 is 5.91. The van der Waals surface area contributed by atoms with Gasteiger partial charge in [-0.15, -0.1) is 0 Å². The van der Waals surface area contributed by atoms with Gasteiger partial charge in [-0.25, -0.2) is 0 Å². The summed E-state index contributed by atoms with van der Waals surface area (Å²) in [5, 5.41) is 0. The van der Waals surface area contributed by atoms with Crippen molar-refractivity contribution in [2.75, 3.05) is 7.05 Å². The van der Waals surface area contributed by atoms with E-state index in [-0.39, 0.29) is 12.1 Å². The van der Waals surface area contributed by atoms with Crippen LogP contribution in [-0.2, 0) is 0 Å². The van der Waals surface area contributed by atoms with Crippen molar-refractivity contribution < 1.29 is 9.53 Å². The number of ether oxygens (including phenoxy) is 1. The van der Waals surface area contributed by atoms with Crippen molar-refractivity contribution in [2.45, 2.75) is 6.23 Å². The Morgan fingerprint density at radius 1 is 1.00 bits per heavy atom. The Morgan fingerprint density at radius 3 is 2.44 bits per heavy atom. The van der Waals surface area contributed by atoms with Gasteiger partial charge in [-0.05, 0) is 12.1 Å². The summed E-state index contributed by atoms with van der Waals surface area (Å²) >= 11 is 0. The van der Waals surface area contributed by atoms with Crippen LogP contribution in [0.5, 0.6) is 5.75 Å². The summed E-state index contributed by atoms with van der Waals surface area (Å²) in [7, 11) is 1.76. The number of hydrogen-bond donors (Lipinski definition) is 0. The fourth-order valence-corrected chi connectivity index (χ4v) is 2.15. The normalized spacial score (nSPS) is 18.2. The van der Waals surface area contributed by atoms with E-state index in [4.69, 9.17) is 4.74 Å². The van der Waals surface area contributed by atoms with E-state index in [1.165, 1.54) is 0 Å². The van der Waals surface area contributed by atoms with Crippen LogP contribution in [0.4, 0.5) is 0 Å². The fourth-order valence-electron chi connectivity index (χ4n) is 2.15. The number of amides is 1. The molecule has 0 saturated carbocycles. The summed E-state index contributed by atoms with van der Waals surface area (Å²) in [5.74, 6) is 0.639. The molecule has 1 heterocycles. The molecule has 1 amide bonds. The predicted molar refractivity (Wildman–Crippen MR) is 68.3 cm³/mol. The van der Waals surface area contributed by atoms with Gasteiger partial charge in [0.15, 0.2) is 0 Å². The number of benzene rings is 2. The van der Waals surface area contributed by atoms with E-state index in [2.05, 4.69) is 0 Å². The van der Waals surface area contributed by atoms with E-state index in [9.17, 15) is 4.79 Å². The standard InChI is InChI=1S/C15H13NO2/c1-16-14(17)12-9-5-6-10-13(12)18-15(16)11-7-3-2-4-8-11/h2-10,15H,1H3. The molecule has 0 aromatic heterocycles. The minimum atomic E-state index is -0.353. The smallest absolute Gasteiger partial charge is 0.260 e. The third-order valence-corrected chi connectivity index (χ3v) is 3.11. The van der Waals surface area contributed by atoms with Crippen molar-refractivity contribution in [3.63, 3.8) is 0 Å².